The number of piperidine rings is 1. The van der Waals surface area contributed by atoms with Gasteiger partial charge in [0.1, 0.15) is 5.82 Å². The van der Waals surface area contributed by atoms with Crippen LogP contribution in [0.1, 0.15) is 43.0 Å². The lowest BCUT2D eigenvalue weighted by molar-refractivity contribution is -0.0571. The average molecular weight is 496 g/mol. The van der Waals surface area contributed by atoms with E-state index in [1.807, 2.05) is 18.2 Å². The van der Waals surface area contributed by atoms with Crippen LogP contribution in [0.2, 0.25) is 0 Å². The van der Waals surface area contributed by atoms with Crippen LogP contribution >= 0.6 is 23.3 Å². The van der Waals surface area contributed by atoms with Gasteiger partial charge in [0.25, 0.3) is 5.91 Å². The predicted molar refractivity (Wildman–Crippen MR) is 125 cm³/mol. The van der Waals surface area contributed by atoms with Crippen molar-refractivity contribution in [2.24, 2.45) is 0 Å². The summed E-state index contributed by atoms with van der Waals surface area (Å²) in [5.41, 5.74) is 1.88. The Labute approximate surface area is 198 Å². The van der Waals surface area contributed by atoms with Crippen molar-refractivity contribution in [3.8, 4) is 0 Å². The number of amides is 1. The molecule has 2 aromatic carbocycles. The van der Waals surface area contributed by atoms with Crippen molar-refractivity contribution >= 4 is 45.1 Å². The Morgan fingerprint density at radius 3 is 2.76 bits per heavy atom. The summed E-state index contributed by atoms with van der Waals surface area (Å²) in [5.74, 6) is -3.96. The number of carbonyl (C=O) groups excluding carboxylic acids is 1. The zero-order valence-corrected chi connectivity index (χ0v) is 19.6. The van der Waals surface area contributed by atoms with Crippen LogP contribution < -0.4 is 4.72 Å². The summed E-state index contributed by atoms with van der Waals surface area (Å²) in [5, 5.41) is 10.5. The van der Waals surface area contributed by atoms with E-state index in [9.17, 15) is 23.1 Å². The first-order valence-electron chi connectivity index (χ1n) is 10.6. The number of nitrogens with zero attached hydrogens (tertiary/aromatic N) is 2. The van der Waals surface area contributed by atoms with Crippen LogP contribution in [-0.2, 0) is 0 Å². The number of halogens is 3. The molecule has 1 fully saturated rings. The number of nitrogens with one attached hydrogen (secondary N) is 1. The first kappa shape index (κ1) is 23.8. The van der Waals surface area contributed by atoms with Gasteiger partial charge >= 0.3 is 0 Å². The molecule has 1 saturated heterocycles. The van der Waals surface area contributed by atoms with Crippen LogP contribution in [0.25, 0.3) is 10.2 Å². The van der Waals surface area contributed by atoms with Gasteiger partial charge in [-0.1, -0.05) is 6.07 Å². The fraction of sp³-hybridized carbons (Fsp3) is 0.391. The topological polar surface area (TPSA) is 65.5 Å². The lowest BCUT2D eigenvalue weighted by atomic mass is 9.86. The molecule has 1 amide bonds. The van der Waals surface area contributed by atoms with Gasteiger partial charge in [-0.15, -0.1) is 11.3 Å². The largest absolute Gasteiger partial charge is 0.390 e. The number of hydrogen-bond donors (Lipinski definition) is 2. The molecule has 2 N–H and O–H groups in total. The van der Waals surface area contributed by atoms with Crippen molar-refractivity contribution in [2.45, 2.75) is 49.0 Å². The fourth-order valence-corrected chi connectivity index (χ4v) is 5.34. The minimum absolute atomic E-state index is 0.0282. The quantitative estimate of drug-likeness (QED) is 0.396. The SMILES string of the molecule is CC(F)(F)CCC1(O)CCN(C(=O)c2ccc(NSc3cccc4scnc34)cc2F)CC1. The molecule has 0 atom stereocenters. The summed E-state index contributed by atoms with van der Waals surface area (Å²) in [6, 6.07) is 10.2. The summed E-state index contributed by atoms with van der Waals surface area (Å²) >= 11 is 2.86. The number of thiazole rings is 1. The van der Waals surface area contributed by atoms with Crippen molar-refractivity contribution in [1.29, 1.82) is 0 Å². The smallest absolute Gasteiger partial charge is 0.256 e. The molecule has 10 heteroatoms. The highest BCUT2D eigenvalue weighted by Crippen LogP contribution is 2.33. The zero-order valence-electron chi connectivity index (χ0n) is 18.0. The van der Waals surface area contributed by atoms with E-state index in [1.165, 1.54) is 29.0 Å². The number of para-hydroxylation sites is 1. The number of anilines is 1. The van der Waals surface area contributed by atoms with E-state index in [1.54, 1.807) is 22.9 Å². The van der Waals surface area contributed by atoms with Crippen molar-refractivity contribution in [1.82, 2.24) is 9.88 Å². The molecule has 4 rings (SSSR count). The molecule has 5 nitrogen and oxygen atoms in total. The maximum absolute atomic E-state index is 14.7. The van der Waals surface area contributed by atoms with E-state index < -0.39 is 29.7 Å². The first-order chi connectivity index (χ1) is 15.6. The summed E-state index contributed by atoms with van der Waals surface area (Å²) in [6.07, 6.45) is -0.0567. The lowest BCUT2D eigenvalue weighted by Gasteiger charge is -2.38. The number of fused-ring (bicyclic) bond motifs is 1. The first-order valence-corrected chi connectivity index (χ1v) is 12.3. The number of benzene rings is 2. The van der Waals surface area contributed by atoms with Gasteiger partial charge in [0.15, 0.2) is 0 Å². The second-order valence-corrected chi connectivity index (χ2v) is 10.2. The Balaban J connectivity index is 1.36. The Morgan fingerprint density at radius 1 is 1.30 bits per heavy atom. The molecule has 0 radical (unpaired) electrons. The van der Waals surface area contributed by atoms with E-state index in [-0.39, 0.29) is 37.9 Å². The van der Waals surface area contributed by atoms with E-state index in [0.29, 0.717) is 5.69 Å². The second kappa shape index (κ2) is 9.52. The van der Waals surface area contributed by atoms with E-state index in [4.69, 9.17) is 0 Å². The average Bonchev–Trinajstić information content (AvgIpc) is 3.26. The Bertz CT molecular complexity index is 1140. The molecule has 1 aliphatic rings. The molecular weight excluding hydrogens is 471 g/mol. The van der Waals surface area contributed by atoms with Gasteiger partial charge < -0.3 is 14.7 Å². The number of aliphatic hydroxyl groups is 1. The summed E-state index contributed by atoms with van der Waals surface area (Å²) < 4.78 is 45.2. The Kier molecular flexibility index (Phi) is 6.88. The maximum atomic E-state index is 14.7. The number of likely N-dealkylation sites (tertiary alicyclic amines) is 1. The van der Waals surface area contributed by atoms with Crippen molar-refractivity contribution in [3.05, 3.63) is 53.3 Å². The Hall–Kier alpha value is -2.30. The molecule has 33 heavy (non-hydrogen) atoms. The van der Waals surface area contributed by atoms with Crippen molar-refractivity contribution in [3.63, 3.8) is 0 Å². The van der Waals surface area contributed by atoms with Gasteiger partial charge in [-0.25, -0.2) is 18.2 Å². The monoisotopic (exact) mass is 495 g/mol. The molecule has 1 aliphatic heterocycles. The second-order valence-electron chi connectivity index (χ2n) is 8.44. The number of hydrogen-bond acceptors (Lipinski definition) is 6. The van der Waals surface area contributed by atoms with E-state index >= 15 is 0 Å². The number of carbonyl (C=O) groups is 1. The number of alkyl halides is 2. The standard InChI is InChI=1S/C23H24F3N3O2S2/c1-22(25,26)7-8-23(31)9-11-29(12-10-23)21(30)16-6-5-15(13-17(16)24)28-33-19-4-2-3-18-20(19)27-14-32-18/h2-6,13-14,28,31H,7-12H2,1H3. The minimum atomic E-state index is -2.84. The van der Waals surface area contributed by atoms with Gasteiger partial charge in [0.05, 0.1) is 31.8 Å². The van der Waals surface area contributed by atoms with E-state index in [2.05, 4.69) is 9.71 Å². The highest BCUT2D eigenvalue weighted by Gasteiger charge is 2.37. The van der Waals surface area contributed by atoms with Gasteiger partial charge in [0, 0.05) is 25.2 Å². The third kappa shape index (κ3) is 5.80. The Morgan fingerprint density at radius 2 is 2.06 bits per heavy atom. The third-order valence-electron chi connectivity index (χ3n) is 5.81. The summed E-state index contributed by atoms with van der Waals surface area (Å²) in [6.45, 7) is 1.21. The van der Waals surface area contributed by atoms with Crippen molar-refractivity contribution < 1.29 is 23.1 Å². The fourth-order valence-electron chi connectivity index (χ4n) is 3.81. The van der Waals surface area contributed by atoms with Crippen LogP contribution in [-0.4, -0.2) is 45.5 Å². The van der Waals surface area contributed by atoms with Crippen LogP contribution in [0, 0.1) is 5.82 Å². The molecule has 2 heterocycles. The van der Waals surface area contributed by atoms with Gasteiger partial charge in [-0.2, -0.15) is 0 Å². The zero-order chi connectivity index (χ0) is 23.6. The van der Waals surface area contributed by atoms with Crippen LogP contribution in [0.5, 0.6) is 0 Å². The van der Waals surface area contributed by atoms with Gasteiger partial charge in [0.2, 0.25) is 5.92 Å². The predicted octanol–water partition coefficient (Wildman–Crippen LogP) is 5.96. The minimum Gasteiger partial charge on any atom is -0.390 e. The summed E-state index contributed by atoms with van der Waals surface area (Å²) in [4.78, 5) is 19.5. The number of aromatic nitrogens is 1. The molecule has 0 bridgehead atoms. The number of rotatable bonds is 7. The molecule has 0 saturated carbocycles. The van der Waals surface area contributed by atoms with Crippen LogP contribution in [0.4, 0.5) is 18.9 Å². The van der Waals surface area contributed by atoms with Gasteiger partial charge in [-0.05, 0) is 68.5 Å². The van der Waals surface area contributed by atoms with Gasteiger partial charge in [-0.3, -0.25) is 4.79 Å². The molecule has 176 valence electrons. The van der Waals surface area contributed by atoms with Crippen LogP contribution in [0.15, 0.2) is 46.8 Å². The molecule has 0 unspecified atom stereocenters. The summed E-state index contributed by atoms with van der Waals surface area (Å²) in [7, 11) is 0. The van der Waals surface area contributed by atoms with Crippen LogP contribution in [0.3, 0.4) is 0 Å². The molecule has 0 aliphatic carbocycles. The third-order valence-corrected chi connectivity index (χ3v) is 7.49. The molecule has 0 spiro atoms. The normalized spacial score (nSPS) is 16.2. The van der Waals surface area contributed by atoms with E-state index in [0.717, 1.165) is 22.0 Å². The highest BCUT2D eigenvalue weighted by molar-refractivity contribution is 8.00. The highest BCUT2D eigenvalue weighted by atomic mass is 32.2. The molecular formula is C23H24F3N3O2S2. The molecule has 3 aromatic rings. The maximum Gasteiger partial charge on any atom is 0.256 e. The van der Waals surface area contributed by atoms with Crippen molar-refractivity contribution in [2.75, 3.05) is 17.8 Å². The molecule has 1 aromatic heterocycles. The lowest BCUT2D eigenvalue weighted by Crippen LogP contribution is -2.47.